The van der Waals surface area contributed by atoms with Crippen LogP contribution in [0.5, 0.6) is 0 Å². The number of hydrogen-bond acceptors (Lipinski definition) is 2. The predicted octanol–water partition coefficient (Wildman–Crippen LogP) is 4.79. The molecule has 0 unspecified atom stereocenters. The van der Waals surface area contributed by atoms with E-state index in [0.717, 1.165) is 44.5 Å². The van der Waals surface area contributed by atoms with E-state index in [9.17, 15) is 9.18 Å². The van der Waals surface area contributed by atoms with Gasteiger partial charge < -0.3 is 5.32 Å². The fourth-order valence-corrected chi connectivity index (χ4v) is 4.64. The fourth-order valence-electron chi connectivity index (χ4n) is 4.64. The summed E-state index contributed by atoms with van der Waals surface area (Å²) in [5.41, 5.74) is 5.28. The van der Waals surface area contributed by atoms with Crippen LogP contribution in [0.4, 0.5) is 4.39 Å². The average Bonchev–Trinajstić information content (AvgIpc) is 2.75. The second kappa shape index (κ2) is 9.08. The van der Waals surface area contributed by atoms with Gasteiger partial charge in [0.05, 0.1) is 6.04 Å². The Hall–Kier alpha value is -2.20. The Morgan fingerprint density at radius 2 is 1.76 bits per heavy atom. The number of benzene rings is 2. The van der Waals surface area contributed by atoms with E-state index in [2.05, 4.69) is 35.3 Å². The SMILES string of the molecule is C[C@H](NC(=O)C1CCN(Cc2ccc(F)cc2)CC1)c1ccc2c(c1)CCCC2. The van der Waals surface area contributed by atoms with Crippen molar-refractivity contribution in [2.24, 2.45) is 5.92 Å². The van der Waals surface area contributed by atoms with Crippen LogP contribution >= 0.6 is 0 Å². The highest BCUT2D eigenvalue weighted by Crippen LogP contribution is 2.26. The van der Waals surface area contributed by atoms with Gasteiger partial charge in [-0.2, -0.15) is 0 Å². The lowest BCUT2D eigenvalue weighted by atomic mass is 9.89. The van der Waals surface area contributed by atoms with Crippen LogP contribution in [0.25, 0.3) is 0 Å². The molecule has 0 bridgehead atoms. The fraction of sp³-hybridized carbons (Fsp3) is 0.480. The molecule has 1 atom stereocenters. The monoisotopic (exact) mass is 394 g/mol. The number of halogens is 1. The van der Waals surface area contributed by atoms with E-state index in [4.69, 9.17) is 0 Å². The van der Waals surface area contributed by atoms with Gasteiger partial charge in [0, 0.05) is 12.5 Å². The molecule has 1 saturated heterocycles. The maximum Gasteiger partial charge on any atom is 0.223 e. The number of carbonyl (C=O) groups excluding carboxylic acids is 1. The highest BCUT2D eigenvalue weighted by atomic mass is 19.1. The molecule has 2 aromatic rings. The smallest absolute Gasteiger partial charge is 0.223 e. The third-order valence-electron chi connectivity index (χ3n) is 6.51. The van der Waals surface area contributed by atoms with Crippen LogP contribution in [0.3, 0.4) is 0 Å². The van der Waals surface area contributed by atoms with Gasteiger partial charge in [0.25, 0.3) is 0 Å². The van der Waals surface area contributed by atoms with Crippen molar-refractivity contribution >= 4 is 5.91 Å². The summed E-state index contributed by atoms with van der Waals surface area (Å²) in [6, 6.07) is 13.5. The van der Waals surface area contributed by atoms with Crippen LogP contribution in [0.15, 0.2) is 42.5 Å². The molecule has 1 N–H and O–H groups in total. The molecule has 1 fully saturated rings. The Kier molecular flexibility index (Phi) is 6.29. The lowest BCUT2D eigenvalue weighted by molar-refractivity contribution is -0.127. The van der Waals surface area contributed by atoms with E-state index in [-0.39, 0.29) is 23.7 Å². The van der Waals surface area contributed by atoms with Gasteiger partial charge >= 0.3 is 0 Å². The van der Waals surface area contributed by atoms with E-state index in [1.54, 1.807) is 0 Å². The summed E-state index contributed by atoms with van der Waals surface area (Å²) in [4.78, 5) is 15.2. The zero-order valence-corrected chi connectivity index (χ0v) is 17.3. The van der Waals surface area contributed by atoms with E-state index in [1.165, 1.54) is 48.1 Å². The molecule has 1 amide bonds. The molecule has 0 spiro atoms. The molecule has 2 aliphatic rings. The van der Waals surface area contributed by atoms with Crippen LogP contribution in [0.1, 0.15) is 60.9 Å². The van der Waals surface area contributed by atoms with Gasteiger partial charge in [-0.3, -0.25) is 9.69 Å². The van der Waals surface area contributed by atoms with E-state index < -0.39 is 0 Å². The van der Waals surface area contributed by atoms with Gasteiger partial charge in [0.15, 0.2) is 0 Å². The van der Waals surface area contributed by atoms with Crippen molar-refractivity contribution in [1.82, 2.24) is 10.2 Å². The Morgan fingerprint density at radius 1 is 1.07 bits per heavy atom. The number of hydrogen-bond donors (Lipinski definition) is 1. The van der Waals surface area contributed by atoms with E-state index in [0.29, 0.717) is 0 Å². The Balaban J connectivity index is 1.27. The Bertz CT molecular complexity index is 840. The molecular formula is C25H31FN2O. The lowest BCUT2D eigenvalue weighted by Gasteiger charge is -2.32. The third-order valence-corrected chi connectivity index (χ3v) is 6.51. The minimum Gasteiger partial charge on any atom is -0.349 e. The summed E-state index contributed by atoms with van der Waals surface area (Å²) in [7, 11) is 0. The number of amides is 1. The Morgan fingerprint density at radius 3 is 2.48 bits per heavy atom. The number of rotatable bonds is 5. The molecule has 0 saturated carbocycles. The zero-order valence-electron chi connectivity index (χ0n) is 17.3. The van der Waals surface area contributed by atoms with Gasteiger partial charge in [-0.15, -0.1) is 0 Å². The molecule has 0 aromatic heterocycles. The molecule has 4 rings (SSSR count). The number of fused-ring (bicyclic) bond motifs is 1. The molecule has 2 aromatic carbocycles. The quantitative estimate of drug-likeness (QED) is 0.790. The highest BCUT2D eigenvalue weighted by Gasteiger charge is 2.26. The van der Waals surface area contributed by atoms with Crippen LogP contribution in [0.2, 0.25) is 0 Å². The van der Waals surface area contributed by atoms with Gasteiger partial charge in [-0.05, 0) is 92.9 Å². The van der Waals surface area contributed by atoms with Crippen molar-refractivity contribution in [2.45, 2.75) is 58.0 Å². The first-order valence-electron chi connectivity index (χ1n) is 11.0. The first-order chi connectivity index (χ1) is 14.1. The largest absolute Gasteiger partial charge is 0.349 e. The molecule has 4 heteroatoms. The van der Waals surface area contributed by atoms with Gasteiger partial charge in [0.1, 0.15) is 5.82 Å². The number of nitrogens with zero attached hydrogens (tertiary/aromatic N) is 1. The van der Waals surface area contributed by atoms with Crippen molar-refractivity contribution in [3.8, 4) is 0 Å². The summed E-state index contributed by atoms with van der Waals surface area (Å²) in [5, 5.41) is 3.24. The molecule has 1 aliphatic carbocycles. The molecule has 154 valence electrons. The number of aryl methyl sites for hydroxylation is 2. The van der Waals surface area contributed by atoms with Crippen molar-refractivity contribution in [2.75, 3.05) is 13.1 Å². The first-order valence-corrected chi connectivity index (χ1v) is 11.0. The molecule has 1 aliphatic heterocycles. The van der Waals surface area contributed by atoms with Crippen LogP contribution in [-0.2, 0) is 24.2 Å². The topological polar surface area (TPSA) is 32.3 Å². The molecular weight excluding hydrogens is 363 g/mol. The second-order valence-electron chi connectivity index (χ2n) is 8.64. The number of carbonyl (C=O) groups is 1. The van der Waals surface area contributed by atoms with Crippen molar-refractivity contribution in [1.29, 1.82) is 0 Å². The molecule has 3 nitrogen and oxygen atoms in total. The Labute approximate surface area is 173 Å². The minimum atomic E-state index is -0.197. The first kappa shape index (κ1) is 20.1. The summed E-state index contributed by atoms with van der Waals surface area (Å²) in [6.07, 6.45) is 6.67. The highest BCUT2D eigenvalue weighted by molar-refractivity contribution is 5.79. The van der Waals surface area contributed by atoms with E-state index in [1.807, 2.05) is 12.1 Å². The van der Waals surface area contributed by atoms with Crippen LogP contribution in [0, 0.1) is 11.7 Å². The van der Waals surface area contributed by atoms with Crippen molar-refractivity contribution in [3.05, 3.63) is 70.5 Å². The molecule has 0 radical (unpaired) electrons. The zero-order chi connectivity index (χ0) is 20.2. The van der Waals surface area contributed by atoms with Crippen molar-refractivity contribution in [3.63, 3.8) is 0 Å². The average molecular weight is 395 g/mol. The number of nitrogens with one attached hydrogen (secondary N) is 1. The number of piperidine rings is 1. The van der Waals surface area contributed by atoms with Crippen LogP contribution < -0.4 is 5.32 Å². The van der Waals surface area contributed by atoms with Gasteiger partial charge in [-0.1, -0.05) is 30.3 Å². The summed E-state index contributed by atoms with van der Waals surface area (Å²) >= 11 is 0. The molecule has 1 heterocycles. The van der Waals surface area contributed by atoms with Crippen molar-refractivity contribution < 1.29 is 9.18 Å². The normalized spacial score (nSPS) is 18.8. The van der Waals surface area contributed by atoms with Crippen LogP contribution in [-0.4, -0.2) is 23.9 Å². The third kappa shape index (κ3) is 5.05. The maximum atomic E-state index is 13.1. The standard InChI is InChI=1S/C25H31FN2O/c1-18(22-9-8-20-4-2-3-5-23(20)16-22)27-25(29)21-12-14-28(15-13-21)17-19-6-10-24(26)11-7-19/h6-11,16,18,21H,2-5,12-15,17H2,1H3,(H,27,29)/t18-/m0/s1. The predicted molar refractivity (Wildman–Crippen MR) is 114 cm³/mol. The van der Waals surface area contributed by atoms with Gasteiger partial charge in [-0.25, -0.2) is 4.39 Å². The summed E-state index contributed by atoms with van der Waals surface area (Å²) in [5.74, 6) is 0.0633. The summed E-state index contributed by atoms with van der Waals surface area (Å²) in [6.45, 7) is 4.72. The van der Waals surface area contributed by atoms with E-state index >= 15 is 0 Å². The lowest BCUT2D eigenvalue weighted by Crippen LogP contribution is -2.40. The summed E-state index contributed by atoms with van der Waals surface area (Å²) < 4.78 is 13.1. The van der Waals surface area contributed by atoms with Gasteiger partial charge in [0.2, 0.25) is 5.91 Å². The maximum absolute atomic E-state index is 13.1. The second-order valence-corrected chi connectivity index (χ2v) is 8.64. The molecule has 29 heavy (non-hydrogen) atoms. The minimum absolute atomic E-state index is 0.0481. The number of likely N-dealkylation sites (tertiary alicyclic amines) is 1.